The molecule has 2 aromatic rings. The average Bonchev–Trinajstić information content (AvgIpc) is 3.30. The number of hydrogen-bond acceptors (Lipinski definition) is 4. The van der Waals surface area contributed by atoms with Crippen LogP contribution in [-0.4, -0.2) is 19.1 Å². The number of allylic oxidation sites excluding steroid dienone is 1. The fourth-order valence-electron chi connectivity index (χ4n) is 3.77. The maximum atomic E-state index is 13.2. The number of nitrogens with zero attached hydrogens (tertiary/aromatic N) is 1. The molecule has 32 heavy (non-hydrogen) atoms. The predicted octanol–water partition coefficient (Wildman–Crippen LogP) is 5.11. The summed E-state index contributed by atoms with van der Waals surface area (Å²) < 4.78 is 24.7. The van der Waals surface area contributed by atoms with Gasteiger partial charge in [-0.2, -0.15) is 5.26 Å². The Morgan fingerprint density at radius 3 is 2.62 bits per heavy atom. The lowest BCUT2D eigenvalue weighted by Gasteiger charge is -2.16. The second-order valence-electron chi connectivity index (χ2n) is 7.74. The predicted molar refractivity (Wildman–Crippen MR) is 122 cm³/mol. The summed E-state index contributed by atoms with van der Waals surface area (Å²) >= 11 is 0. The third-order valence-electron chi connectivity index (χ3n) is 5.40. The Labute approximate surface area is 188 Å². The lowest BCUT2D eigenvalue weighted by atomic mass is 10.0. The van der Waals surface area contributed by atoms with E-state index in [1.807, 2.05) is 12.1 Å². The van der Waals surface area contributed by atoms with Crippen LogP contribution in [0.15, 0.2) is 54.6 Å². The number of amides is 1. The van der Waals surface area contributed by atoms with Crippen LogP contribution in [-0.2, 0) is 17.8 Å². The lowest BCUT2D eigenvalue weighted by Crippen LogP contribution is -2.33. The van der Waals surface area contributed by atoms with E-state index in [9.17, 15) is 14.4 Å². The zero-order chi connectivity index (χ0) is 22.9. The van der Waals surface area contributed by atoms with Gasteiger partial charge in [-0.3, -0.25) is 4.79 Å². The zero-order valence-electron chi connectivity index (χ0n) is 18.2. The minimum Gasteiger partial charge on any atom is -0.493 e. The molecule has 0 bridgehead atoms. The molecule has 2 aromatic carbocycles. The summed E-state index contributed by atoms with van der Waals surface area (Å²) in [5, 5.41) is 12.5. The standard InChI is InChI=1S/C26H27FN2O3/c1-3-6-20-13-19(14-21(16-28)26(30)29-23-7-4-5-8-23)15-24(31-2)25(20)32-17-18-9-11-22(27)12-10-18/h3,9-15,23H,1,4-8,17H2,2H3,(H,29,30)/b21-14-. The molecule has 0 aromatic heterocycles. The first-order valence-electron chi connectivity index (χ1n) is 10.7. The summed E-state index contributed by atoms with van der Waals surface area (Å²) in [5.74, 6) is 0.356. The largest absolute Gasteiger partial charge is 0.493 e. The van der Waals surface area contributed by atoms with E-state index in [1.54, 1.807) is 30.4 Å². The van der Waals surface area contributed by atoms with Crippen LogP contribution in [0.4, 0.5) is 4.39 Å². The first kappa shape index (κ1) is 23.1. The monoisotopic (exact) mass is 434 g/mol. The van der Waals surface area contributed by atoms with Gasteiger partial charge in [-0.1, -0.05) is 31.1 Å². The van der Waals surface area contributed by atoms with Crippen molar-refractivity contribution < 1.29 is 18.7 Å². The summed E-state index contributed by atoms with van der Waals surface area (Å²) in [6, 6.07) is 11.8. The molecule has 6 heteroatoms. The molecular formula is C26H27FN2O3. The van der Waals surface area contributed by atoms with Gasteiger partial charge >= 0.3 is 0 Å². The maximum Gasteiger partial charge on any atom is 0.262 e. The first-order chi connectivity index (χ1) is 15.5. The Kier molecular flexibility index (Phi) is 8.04. The topological polar surface area (TPSA) is 71.4 Å². The highest BCUT2D eigenvalue weighted by Crippen LogP contribution is 2.35. The minimum atomic E-state index is -0.361. The number of ether oxygens (including phenoxy) is 2. The minimum absolute atomic E-state index is 0.0449. The summed E-state index contributed by atoms with van der Waals surface area (Å²) in [6.07, 6.45) is 7.89. The third-order valence-corrected chi connectivity index (χ3v) is 5.40. The highest BCUT2D eigenvalue weighted by atomic mass is 19.1. The summed E-state index contributed by atoms with van der Waals surface area (Å²) in [7, 11) is 1.53. The van der Waals surface area contributed by atoms with Gasteiger partial charge in [-0.25, -0.2) is 4.39 Å². The van der Waals surface area contributed by atoms with Gasteiger partial charge in [0.1, 0.15) is 24.1 Å². The maximum absolute atomic E-state index is 13.2. The van der Waals surface area contributed by atoms with Gasteiger partial charge in [0.25, 0.3) is 5.91 Å². The number of carbonyl (C=O) groups is 1. The van der Waals surface area contributed by atoms with Crippen LogP contribution in [0.2, 0.25) is 0 Å². The van der Waals surface area contributed by atoms with Crippen LogP contribution in [0, 0.1) is 17.1 Å². The number of nitriles is 1. The summed E-state index contributed by atoms with van der Waals surface area (Å²) in [6.45, 7) is 4.04. The number of carbonyl (C=O) groups excluding carboxylic acids is 1. The molecule has 1 N–H and O–H groups in total. The first-order valence-corrected chi connectivity index (χ1v) is 10.7. The molecule has 0 saturated heterocycles. The van der Waals surface area contributed by atoms with Gasteiger partial charge in [-0.05, 0) is 60.7 Å². The van der Waals surface area contributed by atoms with E-state index in [4.69, 9.17) is 9.47 Å². The molecule has 0 atom stereocenters. The van der Waals surface area contributed by atoms with Crippen molar-refractivity contribution in [1.82, 2.24) is 5.32 Å². The molecular weight excluding hydrogens is 407 g/mol. The van der Waals surface area contributed by atoms with Crippen LogP contribution in [0.1, 0.15) is 42.4 Å². The number of benzene rings is 2. The highest BCUT2D eigenvalue weighted by Gasteiger charge is 2.20. The van der Waals surface area contributed by atoms with Crippen molar-refractivity contribution in [1.29, 1.82) is 5.26 Å². The molecule has 0 spiro atoms. The molecule has 1 saturated carbocycles. The second kappa shape index (κ2) is 11.1. The van der Waals surface area contributed by atoms with Crippen molar-refractivity contribution in [2.75, 3.05) is 7.11 Å². The van der Waals surface area contributed by atoms with Gasteiger partial charge < -0.3 is 14.8 Å². The molecule has 3 rings (SSSR count). The number of rotatable bonds is 9. The van der Waals surface area contributed by atoms with Crippen LogP contribution in [0.5, 0.6) is 11.5 Å². The van der Waals surface area contributed by atoms with Gasteiger partial charge in [0.05, 0.1) is 7.11 Å². The molecule has 5 nitrogen and oxygen atoms in total. The summed E-state index contributed by atoms with van der Waals surface area (Å²) in [4.78, 5) is 12.5. The highest BCUT2D eigenvalue weighted by molar-refractivity contribution is 6.01. The number of methoxy groups -OCH3 is 1. The normalized spacial score (nSPS) is 14.0. The van der Waals surface area contributed by atoms with Gasteiger partial charge in [-0.15, -0.1) is 6.58 Å². The molecule has 1 aliphatic carbocycles. The summed E-state index contributed by atoms with van der Waals surface area (Å²) in [5.41, 5.74) is 2.33. The van der Waals surface area contributed by atoms with Crippen LogP contribution in [0.25, 0.3) is 6.08 Å². The van der Waals surface area contributed by atoms with Crippen molar-refractivity contribution in [3.63, 3.8) is 0 Å². The number of halogens is 1. The van der Waals surface area contributed by atoms with Gasteiger partial charge in [0.2, 0.25) is 0 Å². The Hall–Kier alpha value is -3.59. The van der Waals surface area contributed by atoms with E-state index in [0.29, 0.717) is 23.5 Å². The Balaban J connectivity index is 1.86. The second-order valence-corrected chi connectivity index (χ2v) is 7.74. The van der Waals surface area contributed by atoms with Crippen molar-refractivity contribution in [3.8, 4) is 17.6 Å². The Morgan fingerprint density at radius 1 is 1.28 bits per heavy atom. The van der Waals surface area contributed by atoms with Crippen molar-refractivity contribution in [3.05, 3.63) is 77.1 Å². The van der Waals surface area contributed by atoms with E-state index in [2.05, 4.69) is 11.9 Å². The Morgan fingerprint density at radius 2 is 2.00 bits per heavy atom. The number of hydrogen-bond donors (Lipinski definition) is 1. The Bertz CT molecular complexity index is 1030. The van der Waals surface area contributed by atoms with E-state index in [1.165, 1.54) is 19.2 Å². The van der Waals surface area contributed by atoms with Crippen LogP contribution < -0.4 is 14.8 Å². The van der Waals surface area contributed by atoms with Gasteiger partial charge in [0, 0.05) is 11.6 Å². The lowest BCUT2D eigenvalue weighted by molar-refractivity contribution is -0.117. The van der Waals surface area contributed by atoms with E-state index >= 15 is 0 Å². The molecule has 1 fully saturated rings. The molecule has 0 radical (unpaired) electrons. The molecule has 166 valence electrons. The zero-order valence-corrected chi connectivity index (χ0v) is 18.2. The fraction of sp³-hybridized carbons (Fsp3) is 0.308. The number of nitrogens with one attached hydrogen (secondary N) is 1. The molecule has 0 aliphatic heterocycles. The SMILES string of the molecule is C=CCc1cc(/C=C(/C#N)C(=O)NC2CCCC2)cc(OC)c1OCc1ccc(F)cc1. The van der Waals surface area contributed by atoms with E-state index < -0.39 is 0 Å². The molecule has 1 amide bonds. The van der Waals surface area contributed by atoms with Crippen LogP contribution >= 0.6 is 0 Å². The van der Waals surface area contributed by atoms with E-state index in [-0.39, 0.29) is 29.9 Å². The molecule has 0 unspecified atom stereocenters. The van der Waals surface area contributed by atoms with E-state index in [0.717, 1.165) is 36.8 Å². The average molecular weight is 435 g/mol. The molecule has 1 aliphatic rings. The van der Waals surface area contributed by atoms with Gasteiger partial charge in [0.15, 0.2) is 11.5 Å². The molecule has 0 heterocycles. The van der Waals surface area contributed by atoms with Crippen molar-refractivity contribution in [2.45, 2.75) is 44.8 Å². The third kappa shape index (κ3) is 5.98. The quantitative estimate of drug-likeness (QED) is 0.338. The smallest absolute Gasteiger partial charge is 0.262 e. The fourth-order valence-corrected chi connectivity index (χ4v) is 3.77. The van der Waals surface area contributed by atoms with Crippen molar-refractivity contribution >= 4 is 12.0 Å². The van der Waals surface area contributed by atoms with Crippen LogP contribution in [0.3, 0.4) is 0 Å². The van der Waals surface area contributed by atoms with Crippen molar-refractivity contribution in [2.24, 2.45) is 0 Å².